The second-order valence-electron chi connectivity index (χ2n) is 6.42. The highest BCUT2D eigenvalue weighted by Gasteiger charge is 2.38. The number of hydrogen-bond acceptors (Lipinski definition) is 5. The average molecular weight is 408 g/mol. The topological polar surface area (TPSA) is 98.1 Å². The van der Waals surface area contributed by atoms with E-state index in [0.717, 1.165) is 5.56 Å². The van der Waals surface area contributed by atoms with Gasteiger partial charge in [-0.15, -0.1) is 0 Å². The van der Waals surface area contributed by atoms with Gasteiger partial charge in [-0.1, -0.05) is 29.3 Å². The van der Waals surface area contributed by atoms with Gasteiger partial charge in [0, 0.05) is 34.6 Å². The van der Waals surface area contributed by atoms with Gasteiger partial charge in [-0.25, -0.2) is 0 Å². The fraction of sp³-hybridized carbons (Fsp3) is 0.222. The van der Waals surface area contributed by atoms with E-state index in [1.807, 2.05) is 0 Å². The van der Waals surface area contributed by atoms with Crippen LogP contribution in [-0.2, 0) is 6.42 Å². The summed E-state index contributed by atoms with van der Waals surface area (Å²) >= 11 is 12.3. The van der Waals surface area contributed by atoms with Crippen LogP contribution in [-0.4, -0.2) is 52.5 Å². The number of carbonyl (C=O) groups is 2. The van der Waals surface area contributed by atoms with Gasteiger partial charge in [0.05, 0.1) is 12.1 Å². The zero-order chi connectivity index (χ0) is 19.9. The summed E-state index contributed by atoms with van der Waals surface area (Å²) in [6, 6.07) is 6.61. The molecule has 6 nitrogen and oxygen atoms in total. The normalized spacial score (nSPS) is 18.1. The largest absolute Gasteiger partial charge is 0.489 e. The first-order valence-electron chi connectivity index (χ1n) is 8.13. The zero-order valence-corrected chi connectivity index (χ0v) is 15.8. The lowest BCUT2D eigenvalue weighted by Crippen LogP contribution is -2.37. The molecule has 1 aliphatic carbocycles. The molecular weight excluding hydrogens is 392 g/mol. The van der Waals surface area contributed by atoms with Crippen LogP contribution in [0.3, 0.4) is 0 Å². The Labute approximate surface area is 166 Å². The molecule has 9 heteroatoms. The van der Waals surface area contributed by atoms with Crippen molar-refractivity contribution in [1.82, 2.24) is 4.90 Å². The molecule has 0 saturated carbocycles. The van der Waals surface area contributed by atoms with Gasteiger partial charge >= 0.3 is 7.12 Å². The Morgan fingerprint density at radius 1 is 1.26 bits per heavy atom. The summed E-state index contributed by atoms with van der Waals surface area (Å²) in [4.78, 5) is 25.5. The van der Waals surface area contributed by atoms with E-state index >= 15 is 0 Å². The van der Waals surface area contributed by atoms with Crippen LogP contribution in [0.4, 0.5) is 0 Å². The molecular formula is C18H16BCl2NO5. The predicted molar refractivity (Wildman–Crippen MR) is 103 cm³/mol. The summed E-state index contributed by atoms with van der Waals surface area (Å²) in [7, 11) is -0.282. The molecule has 2 aromatic rings. The summed E-state index contributed by atoms with van der Waals surface area (Å²) in [6.45, 7) is 0. The summed E-state index contributed by atoms with van der Waals surface area (Å²) in [6.07, 6.45) is -0.109. The number of rotatable bonds is 4. The number of aldehydes is 1. The van der Waals surface area contributed by atoms with Crippen LogP contribution in [0.25, 0.3) is 0 Å². The summed E-state index contributed by atoms with van der Waals surface area (Å²) < 4.78 is 0. The second kappa shape index (κ2) is 7.62. The Kier molecular flexibility index (Phi) is 5.60. The number of likely N-dealkylation sites (N-methyl/N-ethyl adjacent to an activating group) is 1. The molecule has 0 spiro atoms. The van der Waals surface area contributed by atoms with E-state index in [1.165, 1.54) is 30.1 Å². The van der Waals surface area contributed by atoms with Crippen LogP contribution in [0.1, 0.15) is 37.9 Å². The number of benzene rings is 2. The van der Waals surface area contributed by atoms with Gasteiger partial charge < -0.3 is 20.1 Å². The monoisotopic (exact) mass is 407 g/mol. The lowest BCUT2D eigenvalue weighted by atomic mass is 9.76. The molecule has 1 aliphatic rings. The molecule has 0 aromatic heterocycles. The Morgan fingerprint density at radius 3 is 2.59 bits per heavy atom. The maximum absolute atomic E-state index is 12.9. The van der Waals surface area contributed by atoms with Crippen LogP contribution in [0.5, 0.6) is 0 Å². The molecule has 140 valence electrons. The van der Waals surface area contributed by atoms with E-state index in [9.17, 15) is 24.7 Å². The number of aliphatic hydroxyl groups excluding tert-OH is 1. The fourth-order valence-corrected chi connectivity index (χ4v) is 4.06. The fourth-order valence-electron chi connectivity index (χ4n) is 3.47. The number of amides is 1. The Bertz CT molecular complexity index is 921. The van der Waals surface area contributed by atoms with Gasteiger partial charge in [-0.05, 0) is 40.9 Å². The first kappa shape index (κ1) is 19.9. The van der Waals surface area contributed by atoms with Gasteiger partial charge in [0.25, 0.3) is 5.91 Å². The molecule has 0 aliphatic heterocycles. The van der Waals surface area contributed by atoms with E-state index in [2.05, 4.69) is 0 Å². The quantitative estimate of drug-likeness (QED) is 0.522. The van der Waals surface area contributed by atoms with Crippen LogP contribution >= 0.6 is 23.2 Å². The van der Waals surface area contributed by atoms with Crippen molar-refractivity contribution in [2.75, 3.05) is 7.05 Å². The third-order valence-corrected chi connectivity index (χ3v) is 5.32. The van der Waals surface area contributed by atoms with Crippen molar-refractivity contribution in [1.29, 1.82) is 0 Å². The van der Waals surface area contributed by atoms with Crippen molar-refractivity contribution in [2.24, 2.45) is 0 Å². The zero-order valence-electron chi connectivity index (χ0n) is 14.3. The standard InChI is InChI=1S/C18H16BCl2NO5/c1-22(17-13-5-11(20)6-15(21)12(13)7-16(17)24)18(25)9-2-3-14(19(26)27)10(4-9)8-23/h2-6,8,16-17,24,26-27H,7H2,1H3. The van der Waals surface area contributed by atoms with E-state index < -0.39 is 25.2 Å². The van der Waals surface area contributed by atoms with Crippen molar-refractivity contribution >= 4 is 48.0 Å². The Hall–Kier alpha value is -1.90. The molecule has 2 aromatic carbocycles. The van der Waals surface area contributed by atoms with E-state index in [-0.39, 0.29) is 16.6 Å². The maximum atomic E-state index is 12.9. The maximum Gasteiger partial charge on any atom is 0.489 e. The first-order chi connectivity index (χ1) is 12.7. The molecule has 3 N–H and O–H groups in total. The SMILES string of the molecule is CN(C(=O)c1ccc(B(O)O)c(C=O)c1)C1c2cc(Cl)cc(Cl)c2CC1O. The van der Waals surface area contributed by atoms with E-state index in [1.54, 1.807) is 12.1 Å². The molecule has 0 bridgehead atoms. The first-order valence-corrected chi connectivity index (χ1v) is 8.88. The van der Waals surface area contributed by atoms with Gasteiger partial charge in [0.2, 0.25) is 0 Å². The third kappa shape index (κ3) is 3.61. The second-order valence-corrected chi connectivity index (χ2v) is 7.27. The van der Waals surface area contributed by atoms with E-state index in [0.29, 0.717) is 28.3 Å². The molecule has 27 heavy (non-hydrogen) atoms. The molecule has 0 saturated heterocycles. The van der Waals surface area contributed by atoms with Gasteiger partial charge in [0.1, 0.15) is 6.29 Å². The van der Waals surface area contributed by atoms with Crippen molar-refractivity contribution < 1.29 is 24.7 Å². The van der Waals surface area contributed by atoms with Crippen LogP contribution in [0.15, 0.2) is 30.3 Å². The lowest BCUT2D eigenvalue weighted by molar-refractivity contribution is 0.0497. The predicted octanol–water partition coefficient (Wildman–Crippen LogP) is 1.22. The van der Waals surface area contributed by atoms with Gasteiger partial charge in [0.15, 0.2) is 0 Å². The van der Waals surface area contributed by atoms with Crippen molar-refractivity contribution in [2.45, 2.75) is 18.6 Å². The average Bonchev–Trinajstić information content (AvgIpc) is 2.96. The van der Waals surface area contributed by atoms with E-state index in [4.69, 9.17) is 23.2 Å². The highest BCUT2D eigenvalue weighted by Crippen LogP contribution is 2.41. The minimum absolute atomic E-state index is 0.00251. The van der Waals surface area contributed by atoms with Crippen LogP contribution in [0.2, 0.25) is 10.0 Å². The summed E-state index contributed by atoms with van der Waals surface area (Å²) in [5, 5.41) is 29.9. The molecule has 0 fully saturated rings. The number of carbonyl (C=O) groups excluding carboxylic acids is 2. The molecule has 2 atom stereocenters. The third-order valence-electron chi connectivity index (χ3n) is 4.77. The molecule has 0 radical (unpaired) electrons. The lowest BCUT2D eigenvalue weighted by Gasteiger charge is -2.28. The molecule has 2 unspecified atom stereocenters. The Balaban J connectivity index is 1.97. The number of nitrogens with zero attached hydrogens (tertiary/aromatic N) is 1. The minimum Gasteiger partial charge on any atom is -0.423 e. The number of halogens is 2. The van der Waals surface area contributed by atoms with Gasteiger partial charge in [-0.2, -0.15) is 0 Å². The highest BCUT2D eigenvalue weighted by molar-refractivity contribution is 6.60. The van der Waals surface area contributed by atoms with Crippen molar-refractivity contribution in [3.05, 3.63) is 62.6 Å². The summed E-state index contributed by atoms with van der Waals surface area (Å²) in [5.41, 5.74) is 1.61. The number of aliphatic hydroxyl groups is 1. The smallest absolute Gasteiger partial charge is 0.423 e. The van der Waals surface area contributed by atoms with Crippen molar-refractivity contribution in [3.8, 4) is 0 Å². The van der Waals surface area contributed by atoms with Gasteiger partial charge in [-0.3, -0.25) is 9.59 Å². The Morgan fingerprint density at radius 2 is 1.96 bits per heavy atom. The van der Waals surface area contributed by atoms with Crippen LogP contribution in [0, 0.1) is 0 Å². The van der Waals surface area contributed by atoms with Crippen LogP contribution < -0.4 is 5.46 Å². The minimum atomic E-state index is -1.82. The number of fused-ring (bicyclic) bond motifs is 1. The molecule has 3 rings (SSSR count). The highest BCUT2D eigenvalue weighted by atomic mass is 35.5. The summed E-state index contributed by atoms with van der Waals surface area (Å²) in [5.74, 6) is -0.440. The van der Waals surface area contributed by atoms with Crippen molar-refractivity contribution in [3.63, 3.8) is 0 Å². The molecule has 0 heterocycles. The number of hydrogen-bond donors (Lipinski definition) is 3. The molecule has 1 amide bonds.